The van der Waals surface area contributed by atoms with Gasteiger partial charge in [0.15, 0.2) is 0 Å². The van der Waals surface area contributed by atoms with Crippen LogP contribution >= 0.6 is 0 Å². The molecule has 0 saturated carbocycles. The third-order valence-corrected chi connectivity index (χ3v) is 6.83. The third kappa shape index (κ3) is 4.44. The van der Waals surface area contributed by atoms with Crippen LogP contribution in [-0.2, 0) is 12.0 Å². The molecule has 1 fully saturated rings. The highest BCUT2D eigenvalue weighted by molar-refractivity contribution is 5.45. The summed E-state index contributed by atoms with van der Waals surface area (Å²) in [7, 11) is 2.09. The molecule has 1 aromatic carbocycles. The number of hydrogen-bond acceptors (Lipinski definition) is 4. The molecule has 170 valence electrons. The summed E-state index contributed by atoms with van der Waals surface area (Å²) < 4.78 is 0. The van der Waals surface area contributed by atoms with Crippen molar-refractivity contribution >= 4 is 0 Å². The van der Waals surface area contributed by atoms with Gasteiger partial charge >= 0.3 is 0 Å². The van der Waals surface area contributed by atoms with E-state index < -0.39 is 5.60 Å². The predicted octanol–water partition coefficient (Wildman–Crippen LogP) is 4.69. The summed E-state index contributed by atoms with van der Waals surface area (Å²) in [5, 5.41) is 12.3. The number of rotatable bonds is 5. The number of benzene rings is 1. The highest BCUT2D eigenvalue weighted by Crippen LogP contribution is 2.50. The number of hydrogen-bond donors (Lipinski definition) is 1. The van der Waals surface area contributed by atoms with Gasteiger partial charge in [0.2, 0.25) is 0 Å². The van der Waals surface area contributed by atoms with Gasteiger partial charge in [-0.05, 0) is 56.6 Å². The van der Waals surface area contributed by atoms with E-state index in [9.17, 15) is 5.11 Å². The van der Waals surface area contributed by atoms with Crippen LogP contribution in [0.25, 0.3) is 0 Å². The Morgan fingerprint density at radius 3 is 2.48 bits per heavy atom. The smallest absolute Gasteiger partial charge is 0.124 e. The lowest BCUT2D eigenvalue weighted by Crippen LogP contribution is -2.63. The Hall–Kier alpha value is -3.00. The van der Waals surface area contributed by atoms with Crippen LogP contribution in [0.2, 0.25) is 0 Å². The third-order valence-electron chi connectivity index (χ3n) is 6.83. The van der Waals surface area contributed by atoms with E-state index in [1.165, 1.54) is 5.56 Å². The second-order valence-electron chi connectivity index (χ2n) is 9.65. The van der Waals surface area contributed by atoms with Crippen LogP contribution in [0.15, 0.2) is 60.9 Å². The van der Waals surface area contributed by atoms with Gasteiger partial charge in [0, 0.05) is 47.7 Å². The van der Waals surface area contributed by atoms with Crippen molar-refractivity contribution in [2.24, 2.45) is 5.41 Å². The van der Waals surface area contributed by atoms with Gasteiger partial charge in [0.25, 0.3) is 0 Å². The molecular weight excluding hydrogens is 406 g/mol. The standard InChI is InChI=1S/C29H33N3O/c1-6-23-12-14-25(15-13-23)29(33,28(4)19-32(5)20-28)26-16-24(17-30-18-26)11-10-21(2)27-9-7-8-22(3)31-27/h7-9,12-18,21,33H,6,19-20H2,1-5H3/t21?,29-/m0/s1. The molecule has 3 aromatic rings. The van der Waals surface area contributed by atoms with Crippen molar-refractivity contribution < 1.29 is 5.11 Å². The monoisotopic (exact) mass is 439 g/mol. The molecule has 4 heteroatoms. The average Bonchev–Trinajstić information content (AvgIpc) is 2.81. The lowest BCUT2D eigenvalue weighted by atomic mass is 9.62. The summed E-state index contributed by atoms with van der Waals surface area (Å²) in [6.07, 6.45) is 4.52. The Balaban J connectivity index is 1.71. The fourth-order valence-corrected chi connectivity index (χ4v) is 5.00. The van der Waals surface area contributed by atoms with Gasteiger partial charge in [-0.3, -0.25) is 9.97 Å². The Morgan fingerprint density at radius 1 is 1.12 bits per heavy atom. The van der Waals surface area contributed by atoms with Crippen molar-refractivity contribution in [2.45, 2.75) is 45.6 Å². The number of pyridine rings is 2. The maximum atomic E-state index is 12.3. The van der Waals surface area contributed by atoms with E-state index in [-0.39, 0.29) is 11.3 Å². The van der Waals surface area contributed by atoms with Gasteiger partial charge in [0.1, 0.15) is 5.60 Å². The van der Waals surface area contributed by atoms with Crippen molar-refractivity contribution in [3.05, 3.63) is 94.6 Å². The van der Waals surface area contributed by atoms with Crippen molar-refractivity contribution in [1.82, 2.24) is 14.9 Å². The van der Waals surface area contributed by atoms with Crippen molar-refractivity contribution in [3.8, 4) is 11.8 Å². The molecule has 4 rings (SSSR count). The topological polar surface area (TPSA) is 49.3 Å². The maximum absolute atomic E-state index is 12.3. The summed E-state index contributed by atoms with van der Waals surface area (Å²) >= 11 is 0. The lowest BCUT2D eigenvalue weighted by molar-refractivity contribution is -0.127. The fraction of sp³-hybridized carbons (Fsp3) is 0.379. The van der Waals surface area contributed by atoms with Gasteiger partial charge in [-0.15, -0.1) is 0 Å². The SMILES string of the molecule is CCc1ccc([C@](O)(c2cncc(C#CC(C)c3cccc(C)n3)c2)C2(C)CN(C)C2)cc1. The molecule has 33 heavy (non-hydrogen) atoms. The van der Waals surface area contributed by atoms with E-state index in [1.807, 2.05) is 31.2 Å². The largest absolute Gasteiger partial charge is 0.380 e. The highest BCUT2D eigenvalue weighted by Gasteiger charge is 2.55. The van der Waals surface area contributed by atoms with Crippen molar-refractivity contribution in [3.63, 3.8) is 0 Å². The Kier molecular flexibility index (Phi) is 6.38. The van der Waals surface area contributed by atoms with E-state index in [4.69, 9.17) is 0 Å². The molecule has 0 aliphatic carbocycles. The first-order valence-corrected chi connectivity index (χ1v) is 11.7. The van der Waals surface area contributed by atoms with E-state index in [2.05, 4.69) is 78.8 Å². The van der Waals surface area contributed by atoms with Crippen LogP contribution in [0.3, 0.4) is 0 Å². The molecule has 3 heterocycles. The molecule has 1 unspecified atom stereocenters. The molecule has 2 aromatic heterocycles. The van der Waals surface area contributed by atoms with Gasteiger partial charge in [-0.25, -0.2) is 0 Å². The first kappa shape index (κ1) is 23.2. The van der Waals surface area contributed by atoms with Gasteiger partial charge in [0.05, 0.1) is 11.6 Å². The van der Waals surface area contributed by atoms with Crippen LogP contribution in [0, 0.1) is 24.2 Å². The molecule has 1 aliphatic rings. The van der Waals surface area contributed by atoms with E-state index >= 15 is 0 Å². The summed E-state index contributed by atoms with van der Waals surface area (Å²) in [5.74, 6) is 6.58. The quantitative estimate of drug-likeness (QED) is 0.586. The molecule has 4 nitrogen and oxygen atoms in total. The normalized spacial score (nSPS) is 17.9. The Bertz CT molecular complexity index is 1190. The minimum absolute atomic E-state index is 0.00632. The molecular formula is C29H33N3O. The summed E-state index contributed by atoms with van der Waals surface area (Å²) in [5.41, 5.74) is 4.23. The number of aryl methyl sites for hydroxylation is 2. The minimum Gasteiger partial charge on any atom is -0.380 e. The first-order valence-electron chi connectivity index (χ1n) is 11.7. The van der Waals surface area contributed by atoms with Crippen LogP contribution in [0.5, 0.6) is 0 Å². The number of aliphatic hydroxyl groups is 1. The number of nitrogens with zero attached hydrogens (tertiary/aromatic N) is 3. The van der Waals surface area contributed by atoms with Gasteiger partial charge in [-0.1, -0.05) is 56.0 Å². The molecule has 1 aliphatic heterocycles. The molecule has 0 amide bonds. The second kappa shape index (κ2) is 9.09. The summed E-state index contributed by atoms with van der Waals surface area (Å²) in [6.45, 7) is 9.97. The molecule has 1 N–H and O–H groups in total. The molecule has 0 radical (unpaired) electrons. The molecule has 1 saturated heterocycles. The number of likely N-dealkylation sites (tertiary alicyclic amines) is 1. The second-order valence-corrected chi connectivity index (χ2v) is 9.65. The van der Waals surface area contributed by atoms with Gasteiger partial charge in [-0.2, -0.15) is 0 Å². The lowest BCUT2D eigenvalue weighted by Gasteiger charge is -2.55. The zero-order valence-electron chi connectivity index (χ0n) is 20.3. The van der Waals surface area contributed by atoms with E-state index in [0.29, 0.717) is 0 Å². The minimum atomic E-state index is -1.15. The fourth-order valence-electron chi connectivity index (χ4n) is 5.00. The summed E-state index contributed by atoms with van der Waals surface area (Å²) in [4.78, 5) is 11.3. The van der Waals surface area contributed by atoms with Crippen LogP contribution < -0.4 is 0 Å². The van der Waals surface area contributed by atoms with Gasteiger partial charge < -0.3 is 10.0 Å². The zero-order valence-corrected chi connectivity index (χ0v) is 20.3. The summed E-state index contributed by atoms with van der Waals surface area (Å²) in [6, 6.07) is 16.3. The number of aromatic nitrogens is 2. The zero-order chi connectivity index (χ0) is 23.6. The highest BCUT2D eigenvalue weighted by atomic mass is 16.3. The van der Waals surface area contributed by atoms with Crippen molar-refractivity contribution in [1.29, 1.82) is 0 Å². The Morgan fingerprint density at radius 2 is 1.85 bits per heavy atom. The Labute approximate surface area is 197 Å². The van der Waals surface area contributed by atoms with Crippen LogP contribution in [0.4, 0.5) is 0 Å². The van der Waals surface area contributed by atoms with E-state index in [0.717, 1.165) is 47.6 Å². The van der Waals surface area contributed by atoms with Crippen molar-refractivity contribution in [2.75, 3.05) is 20.1 Å². The molecule has 0 spiro atoms. The van der Waals surface area contributed by atoms with Crippen LogP contribution in [-0.4, -0.2) is 40.1 Å². The maximum Gasteiger partial charge on any atom is 0.124 e. The molecule has 2 atom stereocenters. The van der Waals surface area contributed by atoms with E-state index in [1.54, 1.807) is 12.4 Å². The van der Waals surface area contributed by atoms with Crippen LogP contribution in [0.1, 0.15) is 60.3 Å². The average molecular weight is 440 g/mol. The molecule has 0 bridgehead atoms. The predicted molar refractivity (Wildman–Crippen MR) is 133 cm³/mol. The first-order chi connectivity index (χ1) is 15.7.